The molecule has 0 saturated carbocycles. The molecule has 4 aromatic rings. The molecule has 3 aromatic heterocycles. The lowest BCUT2D eigenvalue weighted by Crippen LogP contribution is -2.52. The Labute approximate surface area is 227 Å². The van der Waals surface area contributed by atoms with E-state index >= 15 is 0 Å². The molecule has 2 unspecified atom stereocenters. The highest BCUT2D eigenvalue weighted by Crippen LogP contribution is 2.33. The number of aromatic amines is 1. The number of hydrogen-bond acceptors (Lipinski definition) is 7. The SMILES string of the molecule is COc1nc2ccccc2cc1-c1cnc(C2CN(CC3CCOC3)CCN2C(=O)CCn2nccc2C)[nH]1. The second-order valence-corrected chi connectivity index (χ2v) is 10.5. The van der Waals surface area contributed by atoms with Crippen molar-refractivity contribution in [3.63, 3.8) is 0 Å². The summed E-state index contributed by atoms with van der Waals surface area (Å²) in [5, 5.41) is 5.37. The van der Waals surface area contributed by atoms with Crippen molar-refractivity contribution >= 4 is 16.8 Å². The summed E-state index contributed by atoms with van der Waals surface area (Å²) in [6.45, 7) is 7.42. The third kappa shape index (κ3) is 5.39. The van der Waals surface area contributed by atoms with E-state index in [1.54, 1.807) is 13.3 Å². The minimum atomic E-state index is -0.180. The summed E-state index contributed by atoms with van der Waals surface area (Å²) in [6, 6.07) is 11.8. The Hall–Kier alpha value is -3.76. The van der Waals surface area contributed by atoms with Gasteiger partial charge >= 0.3 is 0 Å². The first kappa shape index (κ1) is 25.5. The van der Waals surface area contributed by atoms with Crippen LogP contribution in [-0.4, -0.2) is 86.9 Å². The number of pyridine rings is 1. The van der Waals surface area contributed by atoms with Crippen LogP contribution in [-0.2, 0) is 16.1 Å². The number of amides is 1. The van der Waals surface area contributed by atoms with E-state index in [1.807, 2.05) is 53.0 Å². The maximum absolute atomic E-state index is 13.5. The van der Waals surface area contributed by atoms with Crippen LogP contribution in [0.1, 0.15) is 30.4 Å². The van der Waals surface area contributed by atoms with E-state index in [0.29, 0.717) is 31.3 Å². The molecule has 204 valence electrons. The molecule has 10 heteroatoms. The number of carbonyl (C=O) groups excluding carboxylic acids is 1. The second-order valence-electron chi connectivity index (χ2n) is 10.5. The van der Waals surface area contributed by atoms with Crippen LogP contribution in [0.2, 0.25) is 0 Å². The first-order valence-corrected chi connectivity index (χ1v) is 13.7. The van der Waals surface area contributed by atoms with E-state index in [0.717, 1.165) is 72.9 Å². The Kier molecular flexibility index (Phi) is 7.30. The molecule has 2 atom stereocenters. The fourth-order valence-electron chi connectivity index (χ4n) is 5.70. The molecule has 0 spiro atoms. The number of nitrogens with one attached hydrogen (secondary N) is 1. The molecule has 5 heterocycles. The van der Waals surface area contributed by atoms with Crippen molar-refractivity contribution in [1.82, 2.24) is 34.5 Å². The number of para-hydroxylation sites is 1. The summed E-state index contributed by atoms with van der Waals surface area (Å²) in [5.74, 6) is 1.96. The first-order valence-electron chi connectivity index (χ1n) is 13.7. The summed E-state index contributed by atoms with van der Waals surface area (Å²) in [5.41, 5.74) is 3.59. The molecular formula is C29H35N7O3. The largest absolute Gasteiger partial charge is 0.480 e. The summed E-state index contributed by atoms with van der Waals surface area (Å²) in [6.07, 6.45) is 5.08. The normalized spacial score (nSPS) is 20.1. The lowest BCUT2D eigenvalue weighted by molar-refractivity contribution is -0.137. The monoisotopic (exact) mass is 529 g/mol. The number of piperazine rings is 1. The van der Waals surface area contributed by atoms with Gasteiger partial charge in [-0.1, -0.05) is 18.2 Å². The highest BCUT2D eigenvalue weighted by atomic mass is 16.5. The molecule has 0 bridgehead atoms. The molecule has 0 radical (unpaired) electrons. The molecular weight excluding hydrogens is 494 g/mol. The van der Waals surface area contributed by atoms with Crippen molar-refractivity contribution in [2.75, 3.05) is 46.5 Å². The molecule has 6 rings (SSSR count). The van der Waals surface area contributed by atoms with Gasteiger partial charge in [0.25, 0.3) is 0 Å². The molecule has 1 N–H and O–H groups in total. The Balaban J connectivity index is 1.27. The van der Waals surface area contributed by atoms with E-state index in [4.69, 9.17) is 19.4 Å². The topological polar surface area (TPSA) is 101 Å². The van der Waals surface area contributed by atoms with Crippen LogP contribution in [0, 0.1) is 12.8 Å². The average Bonchev–Trinajstić information content (AvgIpc) is 3.74. The molecule has 1 amide bonds. The summed E-state index contributed by atoms with van der Waals surface area (Å²) < 4.78 is 13.1. The first-order chi connectivity index (χ1) is 19.1. The number of fused-ring (bicyclic) bond motifs is 1. The smallest absolute Gasteiger partial charge is 0.225 e. The number of benzene rings is 1. The third-order valence-corrected chi connectivity index (χ3v) is 7.88. The number of methoxy groups -OCH3 is 1. The minimum absolute atomic E-state index is 0.113. The van der Waals surface area contributed by atoms with Crippen LogP contribution < -0.4 is 4.74 Å². The third-order valence-electron chi connectivity index (χ3n) is 7.88. The Morgan fingerprint density at radius 1 is 1.23 bits per heavy atom. The zero-order valence-corrected chi connectivity index (χ0v) is 22.5. The van der Waals surface area contributed by atoms with Gasteiger partial charge in [-0.3, -0.25) is 14.4 Å². The standard InChI is InChI=1S/C29H35N7O3/c1-20-7-10-31-36(20)11-8-27(37)35-13-12-34(17-21-9-14-39-19-21)18-26(35)28-30-16-25(32-28)23-15-22-5-3-4-6-24(22)33-29(23)38-2/h3-7,10,15-16,21,26H,8-9,11-14,17-19H2,1-2H3,(H,30,32). The number of imidazole rings is 1. The average molecular weight is 530 g/mol. The van der Waals surface area contributed by atoms with Crippen LogP contribution in [0.5, 0.6) is 5.88 Å². The molecule has 1 aromatic carbocycles. The van der Waals surface area contributed by atoms with E-state index in [-0.39, 0.29) is 11.9 Å². The van der Waals surface area contributed by atoms with Crippen LogP contribution in [0.3, 0.4) is 0 Å². The fourth-order valence-corrected chi connectivity index (χ4v) is 5.70. The van der Waals surface area contributed by atoms with Gasteiger partial charge in [0.1, 0.15) is 11.9 Å². The summed E-state index contributed by atoms with van der Waals surface area (Å²) in [4.78, 5) is 31.0. The van der Waals surface area contributed by atoms with Gasteiger partial charge in [-0.2, -0.15) is 5.10 Å². The number of H-pyrrole nitrogens is 1. The number of hydrogen-bond donors (Lipinski definition) is 1. The number of ether oxygens (including phenoxy) is 2. The zero-order valence-electron chi connectivity index (χ0n) is 22.5. The van der Waals surface area contributed by atoms with Gasteiger partial charge < -0.3 is 19.4 Å². The van der Waals surface area contributed by atoms with Crippen LogP contribution in [0.15, 0.2) is 48.8 Å². The van der Waals surface area contributed by atoms with E-state index in [2.05, 4.69) is 21.0 Å². The Morgan fingerprint density at radius 3 is 2.92 bits per heavy atom. The number of rotatable bonds is 8. The maximum atomic E-state index is 13.5. The van der Waals surface area contributed by atoms with E-state index in [1.165, 1.54) is 0 Å². The lowest BCUT2D eigenvalue weighted by Gasteiger charge is -2.41. The molecule has 2 aliphatic rings. The molecule has 2 fully saturated rings. The van der Waals surface area contributed by atoms with Gasteiger partial charge in [-0.05, 0) is 37.5 Å². The summed E-state index contributed by atoms with van der Waals surface area (Å²) in [7, 11) is 1.63. The van der Waals surface area contributed by atoms with Crippen molar-refractivity contribution in [2.45, 2.75) is 32.4 Å². The maximum Gasteiger partial charge on any atom is 0.225 e. The highest BCUT2D eigenvalue weighted by Gasteiger charge is 2.34. The van der Waals surface area contributed by atoms with Crippen molar-refractivity contribution in [3.05, 3.63) is 60.3 Å². The molecule has 2 saturated heterocycles. The van der Waals surface area contributed by atoms with Gasteiger partial charge in [0, 0.05) is 63.0 Å². The van der Waals surface area contributed by atoms with Crippen molar-refractivity contribution in [3.8, 4) is 17.1 Å². The van der Waals surface area contributed by atoms with Crippen LogP contribution in [0.4, 0.5) is 0 Å². The minimum Gasteiger partial charge on any atom is -0.480 e. The van der Waals surface area contributed by atoms with Gasteiger partial charge in [-0.15, -0.1) is 0 Å². The molecule has 10 nitrogen and oxygen atoms in total. The molecule has 2 aliphatic heterocycles. The van der Waals surface area contributed by atoms with Gasteiger partial charge in [0.05, 0.1) is 36.7 Å². The van der Waals surface area contributed by atoms with Gasteiger partial charge in [0.2, 0.25) is 11.8 Å². The lowest BCUT2D eigenvalue weighted by atomic mass is 10.1. The highest BCUT2D eigenvalue weighted by molar-refractivity contribution is 5.85. The van der Waals surface area contributed by atoms with Crippen LogP contribution >= 0.6 is 0 Å². The quantitative estimate of drug-likeness (QED) is 0.373. The Bertz CT molecular complexity index is 1440. The molecule has 39 heavy (non-hydrogen) atoms. The number of carbonyl (C=O) groups is 1. The van der Waals surface area contributed by atoms with Crippen molar-refractivity contribution < 1.29 is 14.3 Å². The van der Waals surface area contributed by atoms with E-state index < -0.39 is 0 Å². The number of aromatic nitrogens is 5. The van der Waals surface area contributed by atoms with E-state index in [9.17, 15) is 4.79 Å². The van der Waals surface area contributed by atoms with Crippen LogP contribution in [0.25, 0.3) is 22.2 Å². The predicted octanol–water partition coefficient (Wildman–Crippen LogP) is 3.45. The fraction of sp³-hybridized carbons (Fsp3) is 0.448. The van der Waals surface area contributed by atoms with Crippen molar-refractivity contribution in [2.24, 2.45) is 5.92 Å². The molecule has 0 aliphatic carbocycles. The number of nitrogens with zero attached hydrogens (tertiary/aromatic N) is 6. The Morgan fingerprint density at radius 2 is 2.13 bits per heavy atom. The van der Waals surface area contributed by atoms with Gasteiger partial charge in [-0.25, -0.2) is 9.97 Å². The summed E-state index contributed by atoms with van der Waals surface area (Å²) >= 11 is 0. The second kappa shape index (κ2) is 11.2. The zero-order chi connectivity index (χ0) is 26.8. The predicted molar refractivity (Wildman–Crippen MR) is 147 cm³/mol. The number of aryl methyl sites for hydroxylation is 2. The van der Waals surface area contributed by atoms with Gasteiger partial charge in [0.15, 0.2) is 0 Å². The van der Waals surface area contributed by atoms with Crippen molar-refractivity contribution in [1.29, 1.82) is 0 Å².